The van der Waals surface area contributed by atoms with E-state index in [9.17, 15) is 4.79 Å². The maximum absolute atomic E-state index is 12.1. The van der Waals surface area contributed by atoms with Crippen LogP contribution in [-0.4, -0.2) is 49.9 Å². The number of Topliss-reactive ketones (excluding diaryl/α,β-unsaturated/α-hetero) is 1. The van der Waals surface area contributed by atoms with Crippen molar-refractivity contribution < 1.29 is 9.53 Å². The van der Waals surface area contributed by atoms with Crippen molar-refractivity contribution in [2.24, 2.45) is 0 Å². The van der Waals surface area contributed by atoms with E-state index < -0.39 is 0 Å². The van der Waals surface area contributed by atoms with Crippen LogP contribution in [0.3, 0.4) is 0 Å². The van der Waals surface area contributed by atoms with Crippen LogP contribution in [0, 0.1) is 6.92 Å². The second-order valence-electron chi connectivity index (χ2n) is 4.48. The van der Waals surface area contributed by atoms with E-state index in [4.69, 9.17) is 4.74 Å². The van der Waals surface area contributed by atoms with Gasteiger partial charge < -0.3 is 9.64 Å². The molecule has 0 spiro atoms. The Kier molecular flexibility index (Phi) is 6.22. The van der Waals surface area contributed by atoms with Crippen molar-refractivity contribution in [2.75, 3.05) is 39.3 Å². The number of benzene rings is 1. The smallest absolute Gasteiger partial charge is 0.176 e. The molecule has 0 bridgehead atoms. The lowest BCUT2D eigenvalue weighted by Crippen LogP contribution is -2.16. The van der Waals surface area contributed by atoms with Gasteiger partial charge in [0.25, 0.3) is 0 Å². The number of carbonyl (C=O) groups excluding carboxylic acids is 1. The summed E-state index contributed by atoms with van der Waals surface area (Å²) in [6.07, 6.45) is 0. The van der Waals surface area contributed by atoms with Crippen LogP contribution in [-0.2, 0) is 0 Å². The van der Waals surface area contributed by atoms with Gasteiger partial charge >= 0.3 is 0 Å². The van der Waals surface area contributed by atoms with E-state index in [-0.39, 0.29) is 5.78 Å². The number of carbonyl (C=O) groups is 1. The Morgan fingerprint density at radius 3 is 2.72 bits per heavy atom. The van der Waals surface area contributed by atoms with Crippen LogP contribution in [0.5, 0.6) is 5.75 Å². The summed E-state index contributed by atoms with van der Waals surface area (Å²) < 4.78 is 5.25. The van der Waals surface area contributed by atoms with Gasteiger partial charge in [0.05, 0.1) is 18.4 Å². The first kappa shape index (κ1) is 15.1. The number of nitrogens with zero attached hydrogens (tertiary/aromatic N) is 1. The Hall–Kier alpha value is -1.00. The Morgan fingerprint density at radius 2 is 2.11 bits per heavy atom. The van der Waals surface area contributed by atoms with Crippen LogP contribution in [0.4, 0.5) is 0 Å². The molecule has 0 aliphatic carbocycles. The van der Waals surface area contributed by atoms with Crippen molar-refractivity contribution in [3.8, 4) is 5.75 Å². The average Bonchev–Trinajstić information content (AvgIpc) is 2.33. The standard InChI is InChI=1S/C14H21NO2S/c1-11-5-6-12(14(9-11)17-4)13(16)10-18-8-7-15(2)3/h5-6,9H,7-8,10H2,1-4H3. The van der Waals surface area contributed by atoms with Crippen LogP contribution in [0.25, 0.3) is 0 Å². The maximum Gasteiger partial charge on any atom is 0.176 e. The van der Waals surface area contributed by atoms with E-state index in [1.165, 1.54) is 0 Å². The predicted octanol–water partition coefficient (Wildman–Crippen LogP) is 2.48. The zero-order chi connectivity index (χ0) is 13.5. The molecule has 1 aromatic rings. The van der Waals surface area contributed by atoms with Gasteiger partial charge in [-0.25, -0.2) is 0 Å². The number of methoxy groups -OCH3 is 1. The summed E-state index contributed by atoms with van der Waals surface area (Å²) in [5.74, 6) is 2.28. The van der Waals surface area contributed by atoms with Gasteiger partial charge in [0, 0.05) is 12.3 Å². The van der Waals surface area contributed by atoms with Gasteiger partial charge in [0.15, 0.2) is 5.78 Å². The van der Waals surface area contributed by atoms with E-state index in [0.29, 0.717) is 17.1 Å². The highest BCUT2D eigenvalue weighted by molar-refractivity contribution is 8.00. The number of hydrogen-bond donors (Lipinski definition) is 0. The lowest BCUT2D eigenvalue weighted by molar-refractivity contribution is 0.101. The van der Waals surface area contributed by atoms with Crippen LogP contribution in [0.15, 0.2) is 18.2 Å². The molecular formula is C14H21NO2S. The normalized spacial score (nSPS) is 10.7. The number of aryl methyl sites for hydroxylation is 1. The van der Waals surface area contributed by atoms with Crippen molar-refractivity contribution in [1.82, 2.24) is 4.90 Å². The lowest BCUT2D eigenvalue weighted by atomic mass is 10.1. The highest BCUT2D eigenvalue weighted by Gasteiger charge is 2.12. The SMILES string of the molecule is COc1cc(C)ccc1C(=O)CSCCN(C)C. The molecule has 0 aliphatic heterocycles. The molecule has 0 amide bonds. The minimum absolute atomic E-state index is 0.135. The first-order valence-corrected chi connectivity index (χ1v) is 7.10. The van der Waals surface area contributed by atoms with Gasteiger partial charge in [-0.05, 0) is 38.7 Å². The van der Waals surface area contributed by atoms with Crippen molar-refractivity contribution in [3.63, 3.8) is 0 Å². The molecule has 0 saturated heterocycles. The van der Waals surface area contributed by atoms with Crippen LogP contribution >= 0.6 is 11.8 Å². The molecule has 1 aromatic carbocycles. The van der Waals surface area contributed by atoms with E-state index in [2.05, 4.69) is 4.90 Å². The molecule has 0 saturated carbocycles. The second kappa shape index (κ2) is 7.44. The first-order valence-electron chi connectivity index (χ1n) is 5.95. The maximum atomic E-state index is 12.1. The molecule has 18 heavy (non-hydrogen) atoms. The highest BCUT2D eigenvalue weighted by Crippen LogP contribution is 2.21. The molecule has 0 heterocycles. The van der Waals surface area contributed by atoms with Gasteiger partial charge in [-0.2, -0.15) is 11.8 Å². The van der Waals surface area contributed by atoms with Gasteiger partial charge in [0.2, 0.25) is 0 Å². The number of ether oxygens (including phenoxy) is 1. The van der Waals surface area contributed by atoms with E-state index in [0.717, 1.165) is 17.9 Å². The van der Waals surface area contributed by atoms with Crippen LogP contribution in [0.2, 0.25) is 0 Å². The van der Waals surface area contributed by atoms with Crippen molar-refractivity contribution in [1.29, 1.82) is 0 Å². The third-order valence-electron chi connectivity index (χ3n) is 2.57. The molecule has 0 atom stereocenters. The van der Waals surface area contributed by atoms with Crippen LogP contribution < -0.4 is 4.74 Å². The number of hydrogen-bond acceptors (Lipinski definition) is 4. The van der Waals surface area contributed by atoms with Gasteiger partial charge in [-0.15, -0.1) is 0 Å². The summed E-state index contributed by atoms with van der Waals surface area (Å²) in [5.41, 5.74) is 1.78. The number of thioether (sulfide) groups is 1. The summed E-state index contributed by atoms with van der Waals surface area (Å²) in [6.45, 7) is 2.98. The lowest BCUT2D eigenvalue weighted by Gasteiger charge is -2.10. The largest absolute Gasteiger partial charge is 0.496 e. The fraction of sp³-hybridized carbons (Fsp3) is 0.500. The monoisotopic (exact) mass is 267 g/mol. The topological polar surface area (TPSA) is 29.5 Å². The number of ketones is 1. The highest BCUT2D eigenvalue weighted by atomic mass is 32.2. The van der Waals surface area contributed by atoms with Gasteiger partial charge in [0.1, 0.15) is 5.75 Å². The molecule has 3 nitrogen and oxygen atoms in total. The minimum atomic E-state index is 0.135. The summed E-state index contributed by atoms with van der Waals surface area (Å²) in [5, 5.41) is 0. The van der Waals surface area contributed by atoms with Crippen molar-refractivity contribution >= 4 is 17.5 Å². The Bertz CT molecular complexity index is 405. The average molecular weight is 267 g/mol. The quantitative estimate of drug-likeness (QED) is 0.561. The third-order valence-corrected chi connectivity index (χ3v) is 3.51. The first-order chi connectivity index (χ1) is 8.54. The van der Waals surface area contributed by atoms with Crippen molar-refractivity contribution in [3.05, 3.63) is 29.3 Å². The fourth-order valence-corrected chi connectivity index (χ4v) is 2.50. The second-order valence-corrected chi connectivity index (χ2v) is 5.59. The molecule has 0 aliphatic rings. The van der Waals surface area contributed by atoms with E-state index in [1.54, 1.807) is 18.9 Å². The molecule has 0 N–H and O–H groups in total. The molecular weight excluding hydrogens is 246 g/mol. The summed E-state index contributed by atoms with van der Waals surface area (Å²) >= 11 is 1.66. The predicted molar refractivity (Wildman–Crippen MR) is 77.9 cm³/mol. The zero-order valence-corrected chi connectivity index (χ0v) is 12.3. The summed E-state index contributed by atoms with van der Waals surface area (Å²) in [6, 6.07) is 5.70. The Labute approximate surface area is 114 Å². The molecule has 0 fully saturated rings. The molecule has 0 unspecified atom stereocenters. The summed E-state index contributed by atoms with van der Waals surface area (Å²) in [7, 11) is 5.67. The molecule has 1 rings (SSSR count). The Morgan fingerprint density at radius 1 is 1.39 bits per heavy atom. The minimum Gasteiger partial charge on any atom is -0.496 e. The number of rotatable bonds is 7. The van der Waals surface area contributed by atoms with Gasteiger partial charge in [-0.1, -0.05) is 6.07 Å². The van der Waals surface area contributed by atoms with E-state index in [1.807, 2.05) is 39.2 Å². The molecule has 0 radical (unpaired) electrons. The summed E-state index contributed by atoms with van der Waals surface area (Å²) in [4.78, 5) is 14.2. The van der Waals surface area contributed by atoms with E-state index >= 15 is 0 Å². The third kappa shape index (κ3) is 4.70. The molecule has 100 valence electrons. The fourth-order valence-electron chi connectivity index (χ4n) is 1.52. The molecule has 4 heteroatoms. The van der Waals surface area contributed by atoms with Crippen molar-refractivity contribution in [2.45, 2.75) is 6.92 Å². The Balaban J connectivity index is 2.56. The zero-order valence-electron chi connectivity index (χ0n) is 11.5. The van der Waals surface area contributed by atoms with Crippen LogP contribution in [0.1, 0.15) is 15.9 Å². The van der Waals surface area contributed by atoms with Gasteiger partial charge in [-0.3, -0.25) is 4.79 Å². The molecule has 0 aromatic heterocycles.